The summed E-state index contributed by atoms with van der Waals surface area (Å²) in [4.78, 5) is 4.59. The Bertz CT molecular complexity index is 567. The third kappa shape index (κ3) is 1.96. The van der Waals surface area contributed by atoms with Crippen molar-refractivity contribution in [3.63, 3.8) is 0 Å². The minimum Gasteiger partial charge on any atom is -0.285 e. The van der Waals surface area contributed by atoms with Gasteiger partial charge in [0, 0.05) is 11.8 Å². The molecular weight excluding hydrogens is 222 g/mol. The van der Waals surface area contributed by atoms with Gasteiger partial charge in [-0.1, -0.05) is 44.2 Å². The lowest BCUT2D eigenvalue weighted by Gasteiger charge is -2.20. The fraction of sp³-hybridized carbons (Fsp3) is 0.333. The summed E-state index contributed by atoms with van der Waals surface area (Å²) < 4.78 is 2.07. The van der Waals surface area contributed by atoms with Crippen molar-refractivity contribution in [2.45, 2.75) is 26.4 Å². The van der Waals surface area contributed by atoms with Gasteiger partial charge in [-0.2, -0.15) is 5.10 Å². The summed E-state index contributed by atoms with van der Waals surface area (Å²) in [6.07, 6.45) is 1.95. The zero-order chi connectivity index (χ0) is 12.5. The Morgan fingerprint density at radius 3 is 2.72 bits per heavy atom. The van der Waals surface area contributed by atoms with E-state index in [1.54, 1.807) is 0 Å². The van der Waals surface area contributed by atoms with Crippen molar-refractivity contribution in [2.75, 3.05) is 0 Å². The molecule has 3 rings (SSSR count). The van der Waals surface area contributed by atoms with E-state index < -0.39 is 0 Å². The van der Waals surface area contributed by atoms with Crippen molar-refractivity contribution < 1.29 is 0 Å². The molecule has 2 aromatic rings. The molecular formula is C15H17N3. The fourth-order valence-corrected chi connectivity index (χ4v) is 2.21. The van der Waals surface area contributed by atoms with Crippen molar-refractivity contribution in [2.24, 2.45) is 10.9 Å². The first kappa shape index (κ1) is 11.2. The zero-order valence-corrected chi connectivity index (χ0v) is 10.7. The molecule has 1 aliphatic heterocycles. The Morgan fingerprint density at radius 1 is 1.22 bits per heavy atom. The lowest BCUT2D eigenvalue weighted by molar-refractivity contribution is 0.407. The summed E-state index contributed by atoms with van der Waals surface area (Å²) in [6, 6.07) is 12.7. The van der Waals surface area contributed by atoms with Crippen LogP contribution in [0.5, 0.6) is 0 Å². The molecule has 0 radical (unpaired) electrons. The molecule has 18 heavy (non-hydrogen) atoms. The highest BCUT2D eigenvalue weighted by Crippen LogP contribution is 2.21. The molecule has 1 aromatic heterocycles. The first-order valence-corrected chi connectivity index (χ1v) is 6.40. The van der Waals surface area contributed by atoms with E-state index in [1.165, 1.54) is 0 Å². The molecule has 0 saturated carbocycles. The fourth-order valence-electron chi connectivity index (χ4n) is 2.21. The van der Waals surface area contributed by atoms with Gasteiger partial charge >= 0.3 is 0 Å². The molecule has 0 saturated heterocycles. The molecule has 92 valence electrons. The molecule has 0 aliphatic carbocycles. The van der Waals surface area contributed by atoms with E-state index in [-0.39, 0.29) is 0 Å². The van der Waals surface area contributed by atoms with Crippen molar-refractivity contribution in [3.8, 4) is 11.3 Å². The molecule has 1 atom stereocenters. The second kappa shape index (κ2) is 4.41. The molecule has 0 bridgehead atoms. The summed E-state index contributed by atoms with van der Waals surface area (Å²) in [5, 5.41) is 4.68. The number of rotatable bonds is 2. The van der Waals surface area contributed by atoms with Gasteiger partial charge in [0.25, 0.3) is 0 Å². The van der Waals surface area contributed by atoms with E-state index >= 15 is 0 Å². The maximum Gasteiger partial charge on any atom is 0.0930 e. The largest absolute Gasteiger partial charge is 0.285 e. The summed E-state index contributed by atoms with van der Waals surface area (Å²) in [5.74, 6) is 0.554. The van der Waals surface area contributed by atoms with Crippen LogP contribution in [0.25, 0.3) is 11.3 Å². The van der Waals surface area contributed by atoms with Crippen molar-refractivity contribution in [1.29, 1.82) is 0 Å². The van der Waals surface area contributed by atoms with Crippen LogP contribution in [0.2, 0.25) is 0 Å². The monoisotopic (exact) mass is 239 g/mol. The molecule has 3 heteroatoms. The van der Waals surface area contributed by atoms with Crippen LogP contribution in [0.1, 0.15) is 19.5 Å². The topological polar surface area (TPSA) is 30.2 Å². The zero-order valence-electron chi connectivity index (χ0n) is 10.7. The van der Waals surface area contributed by atoms with Crippen molar-refractivity contribution in [1.82, 2.24) is 9.78 Å². The predicted molar refractivity (Wildman–Crippen MR) is 73.9 cm³/mol. The Labute approximate surface area is 107 Å². The van der Waals surface area contributed by atoms with Gasteiger partial charge < -0.3 is 0 Å². The highest BCUT2D eigenvalue weighted by Gasteiger charge is 2.19. The van der Waals surface area contributed by atoms with Crippen molar-refractivity contribution >= 4 is 6.21 Å². The van der Waals surface area contributed by atoms with Crippen LogP contribution in [0.3, 0.4) is 0 Å². The van der Waals surface area contributed by atoms with Gasteiger partial charge in [0.1, 0.15) is 0 Å². The number of hydrogen-bond donors (Lipinski definition) is 0. The van der Waals surface area contributed by atoms with E-state index in [9.17, 15) is 0 Å². The summed E-state index contributed by atoms with van der Waals surface area (Å²) in [7, 11) is 0. The number of benzene rings is 1. The maximum absolute atomic E-state index is 4.68. The highest BCUT2D eigenvalue weighted by molar-refractivity contribution is 5.80. The minimum absolute atomic E-state index is 0.348. The molecule has 2 heterocycles. The average Bonchev–Trinajstić information content (AvgIpc) is 2.82. The normalized spacial score (nSPS) is 18.1. The Kier molecular flexibility index (Phi) is 2.74. The number of aromatic nitrogens is 2. The molecule has 1 aromatic carbocycles. The molecule has 0 N–H and O–H groups in total. The third-order valence-electron chi connectivity index (χ3n) is 3.41. The third-order valence-corrected chi connectivity index (χ3v) is 3.41. The van der Waals surface area contributed by atoms with E-state index in [0.717, 1.165) is 23.5 Å². The molecule has 0 spiro atoms. The van der Waals surface area contributed by atoms with Gasteiger partial charge in [-0.05, 0) is 12.0 Å². The highest BCUT2D eigenvalue weighted by atomic mass is 15.3. The van der Waals surface area contributed by atoms with E-state index in [0.29, 0.717) is 12.0 Å². The molecule has 0 fully saturated rings. The van der Waals surface area contributed by atoms with Crippen LogP contribution < -0.4 is 0 Å². The Balaban J connectivity index is 1.94. The van der Waals surface area contributed by atoms with Crippen molar-refractivity contribution in [3.05, 3.63) is 42.1 Å². The second-order valence-electron chi connectivity index (χ2n) is 5.09. The summed E-state index contributed by atoms with van der Waals surface area (Å²) in [5.41, 5.74) is 3.29. The van der Waals surface area contributed by atoms with Crippen LogP contribution in [0.15, 0.2) is 41.4 Å². The van der Waals surface area contributed by atoms with Gasteiger partial charge in [0.2, 0.25) is 0 Å². The number of fused-ring (bicyclic) bond motifs is 1. The molecule has 0 unspecified atom stereocenters. The molecule has 1 aliphatic rings. The van der Waals surface area contributed by atoms with E-state index in [1.807, 2.05) is 24.4 Å². The van der Waals surface area contributed by atoms with E-state index in [4.69, 9.17) is 0 Å². The summed E-state index contributed by atoms with van der Waals surface area (Å²) >= 11 is 0. The minimum atomic E-state index is 0.348. The van der Waals surface area contributed by atoms with Gasteiger partial charge in [0.05, 0.1) is 24.0 Å². The smallest absolute Gasteiger partial charge is 0.0930 e. The predicted octanol–water partition coefficient (Wildman–Crippen LogP) is 3.01. The standard InChI is InChI=1S/C15H17N3/c1-11(2)15-10-18-13(9-16-15)8-14(17-18)12-6-4-3-5-7-12/h3-9,11,15H,10H2,1-2H3/t15-/m0/s1. The van der Waals surface area contributed by atoms with Crippen LogP contribution in [-0.4, -0.2) is 22.0 Å². The maximum atomic E-state index is 4.68. The molecule has 0 amide bonds. The number of hydrogen-bond acceptors (Lipinski definition) is 2. The van der Waals surface area contributed by atoms with Gasteiger partial charge in [-0.15, -0.1) is 0 Å². The van der Waals surface area contributed by atoms with Crippen LogP contribution in [0, 0.1) is 5.92 Å². The number of nitrogens with zero attached hydrogens (tertiary/aromatic N) is 3. The first-order chi connectivity index (χ1) is 8.74. The van der Waals surface area contributed by atoms with E-state index in [2.05, 4.69) is 46.8 Å². The Hall–Kier alpha value is -1.90. The SMILES string of the molecule is CC(C)[C@@H]1Cn2nc(-c3ccccc3)cc2C=N1. The van der Waals surface area contributed by atoms with Crippen LogP contribution in [-0.2, 0) is 6.54 Å². The van der Waals surface area contributed by atoms with Gasteiger partial charge in [0.15, 0.2) is 0 Å². The first-order valence-electron chi connectivity index (χ1n) is 6.40. The van der Waals surface area contributed by atoms with Gasteiger partial charge in [-0.3, -0.25) is 9.67 Å². The number of aliphatic imine (C=N–C) groups is 1. The van der Waals surface area contributed by atoms with Crippen LogP contribution >= 0.6 is 0 Å². The van der Waals surface area contributed by atoms with Gasteiger partial charge in [-0.25, -0.2) is 0 Å². The lowest BCUT2D eigenvalue weighted by Crippen LogP contribution is -2.26. The van der Waals surface area contributed by atoms with Crippen LogP contribution in [0.4, 0.5) is 0 Å². The quantitative estimate of drug-likeness (QED) is 0.792. The Morgan fingerprint density at radius 2 is 2.00 bits per heavy atom. The average molecular weight is 239 g/mol. The second-order valence-corrected chi connectivity index (χ2v) is 5.09. The lowest BCUT2D eigenvalue weighted by atomic mass is 10.0. The molecule has 3 nitrogen and oxygen atoms in total. The summed E-state index contributed by atoms with van der Waals surface area (Å²) in [6.45, 7) is 5.29.